The fraction of sp³-hybridized carbons (Fsp3) is 0.433. The fourth-order valence-electron chi connectivity index (χ4n) is 6.24. The van der Waals surface area contributed by atoms with Gasteiger partial charge in [0.15, 0.2) is 17.6 Å². The second-order valence-electron chi connectivity index (χ2n) is 11.4. The van der Waals surface area contributed by atoms with Crippen LogP contribution in [0.2, 0.25) is 5.02 Å². The summed E-state index contributed by atoms with van der Waals surface area (Å²) in [4.78, 5) is 38.8. The Morgan fingerprint density at radius 3 is 2.71 bits per heavy atom. The molecule has 0 spiro atoms. The highest BCUT2D eigenvalue weighted by atomic mass is 35.5. The third kappa shape index (κ3) is 5.28. The molecule has 3 aromatic heterocycles. The molecule has 11 nitrogen and oxygen atoms in total. The van der Waals surface area contributed by atoms with Gasteiger partial charge in [0, 0.05) is 29.9 Å². The first-order valence-electron chi connectivity index (χ1n) is 14.6. The Bertz CT molecular complexity index is 1590. The molecule has 3 fully saturated rings. The molecule has 4 aromatic rings. The Morgan fingerprint density at radius 2 is 1.95 bits per heavy atom. The van der Waals surface area contributed by atoms with Crippen LogP contribution in [-0.4, -0.2) is 50.4 Å². The number of morpholine rings is 1. The van der Waals surface area contributed by atoms with Gasteiger partial charge in [-0.15, -0.1) is 5.48 Å². The highest BCUT2D eigenvalue weighted by Crippen LogP contribution is 2.38. The number of benzene rings is 1. The number of hydrogen-bond acceptors (Lipinski definition) is 9. The predicted octanol–water partition coefficient (Wildman–Crippen LogP) is 5.19. The van der Waals surface area contributed by atoms with Crippen LogP contribution in [-0.2, 0) is 16.1 Å². The van der Waals surface area contributed by atoms with Gasteiger partial charge in [0.25, 0.3) is 0 Å². The van der Waals surface area contributed by atoms with Gasteiger partial charge in [-0.25, -0.2) is 14.8 Å². The summed E-state index contributed by atoms with van der Waals surface area (Å²) < 4.78 is 8.24. The van der Waals surface area contributed by atoms with E-state index in [0.29, 0.717) is 47.9 Å². The summed E-state index contributed by atoms with van der Waals surface area (Å²) in [7, 11) is 0. The summed E-state index contributed by atoms with van der Waals surface area (Å²) in [6.45, 7) is 4.89. The van der Waals surface area contributed by atoms with Crippen LogP contribution >= 0.6 is 11.6 Å². The smallest absolute Gasteiger partial charge is 0.377 e. The lowest BCUT2D eigenvalue weighted by molar-refractivity contribution is 0.0916. The molecule has 12 heteroatoms. The standard InChI is InChI=1S/C30H33ClN8O3/c1-18-8-10-19(11-9-18)16-39-25-24(20-5-4-6-21(31)15-20)33-27(28-36-30(40)42-37-28)34-26(25)35-29(39)38-13-14-41-17-23(38)22-7-2-3-12-32-22/h2-7,12,15,18-19,23,28,37H,8-11,13-14,16-17H2,1H3,(H,36,40)/t18?,19?,23-,28?/m0/s1. The maximum absolute atomic E-state index is 11.9. The predicted molar refractivity (Wildman–Crippen MR) is 158 cm³/mol. The molecule has 2 saturated heterocycles. The number of carbonyl (C=O) groups is 1. The van der Waals surface area contributed by atoms with Gasteiger partial charge in [0.2, 0.25) is 5.95 Å². The van der Waals surface area contributed by atoms with Gasteiger partial charge in [0.1, 0.15) is 11.2 Å². The summed E-state index contributed by atoms with van der Waals surface area (Å²) in [6, 6.07) is 13.5. The molecule has 7 rings (SSSR count). The molecular formula is C30H33ClN8O3. The van der Waals surface area contributed by atoms with Crippen LogP contribution in [0.15, 0.2) is 48.7 Å². The van der Waals surface area contributed by atoms with E-state index in [1.54, 1.807) is 0 Å². The largest absolute Gasteiger partial charge is 0.427 e. The van der Waals surface area contributed by atoms with E-state index in [1.165, 1.54) is 12.8 Å². The number of fused-ring (bicyclic) bond motifs is 1. The minimum absolute atomic E-state index is 0.104. The number of pyridine rings is 1. The van der Waals surface area contributed by atoms with E-state index in [9.17, 15) is 4.79 Å². The normalized spacial score (nSPS) is 24.5. The second kappa shape index (κ2) is 11.5. The highest BCUT2D eigenvalue weighted by molar-refractivity contribution is 6.30. The number of imidazole rings is 1. The Labute approximate surface area is 248 Å². The van der Waals surface area contributed by atoms with Gasteiger partial charge in [-0.1, -0.05) is 49.6 Å². The number of ether oxygens (including phenoxy) is 1. The SMILES string of the molecule is CC1CCC(Cn2c(N3CCOC[C@H]3c3ccccn3)nc3nc(C4NOC(=O)N4)nc(-c4cccc(Cl)c4)c32)CC1. The number of hydroxylamine groups is 1. The molecule has 2 atom stereocenters. The first-order valence-corrected chi connectivity index (χ1v) is 14.9. The first kappa shape index (κ1) is 27.1. The number of anilines is 1. The van der Waals surface area contributed by atoms with Crippen LogP contribution in [0.1, 0.15) is 56.3 Å². The Hall–Kier alpha value is -3.80. The molecule has 1 saturated carbocycles. The van der Waals surface area contributed by atoms with E-state index in [2.05, 4.69) is 32.2 Å². The molecular weight excluding hydrogens is 556 g/mol. The summed E-state index contributed by atoms with van der Waals surface area (Å²) in [5, 5.41) is 3.32. The molecule has 1 unspecified atom stereocenters. The van der Waals surface area contributed by atoms with Crippen molar-refractivity contribution in [3.05, 3.63) is 65.2 Å². The number of amides is 1. The Balaban J connectivity index is 1.42. The van der Waals surface area contributed by atoms with E-state index in [0.717, 1.165) is 48.0 Å². The van der Waals surface area contributed by atoms with Gasteiger partial charge >= 0.3 is 6.09 Å². The van der Waals surface area contributed by atoms with Crippen molar-refractivity contribution in [1.29, 1.82) is 0 Å². The van der Waals surface area contributed by atoms with Crippen molar-refractivity contribution in [2.75, 3.05) is 24.7 Å². The van der Waals surface area contributed by atoms with Crippen molar-refractivity contribution in [2.45, 2.75) is 51.4 Å². The quantitative estimate of drug-likeness (QED) is 0.313. The Morgan fingerprint density at radius 1 is 1.07 bits per heavy atom. The van der Waals surface area contributed by atoms with Crippen molar-refractivity contribution >= 4 is 34.8 Å². The average Bonchev–Trinajstić information content (AvgIpc) is 3.62. The van der Waals surface area contributed by atoms with E-state index in [4.69, 9.17) is 36.1 Å². The summed E-state index contributed by atoms with van der Waals surface area (Å²) in [5.74, 6) is 2.42. The maximum Gasteiger partial charge on any atom is 0.427 e. The number of halogens is 1. The van der Waals surface area contributed by atoms with E-state index >= 15 is 0 Å². The van der Waals surface area contributed by atoms with Crippen molar-refractivity contribution in [2.24, 2.45) is 11.8 Å². The van der Waals surface area contributed by atoms with Crippen LogP contribution in [0.25, 0.3) is 22.4 Å². The zero-order chi connectivity index (χ0) is 28.6. The minimum Gasteiger partial charge on any atom is -0.377 e. The van der Waals surface area contributed by atoms with E-state index < -0.39 is 12.3 Å². The van der Waals surface area contributed by atoms with Gasteiger partial charge in [-0.2, -0.15) is 4.98 Å². The van der Waals surface area contributed by atoms with Crippen molar-refractivity contribution in [3.63, 3.8) is 0 Å². The number of aromatic nitrogens is 5. The molecule has 42 heavy (non-hydrogen) atoms. The van der Waals surface area contributed by atoms with Crippen LogP contribution in [0.3, 0.4) is 0 Å². The zero-order valence-electron chi connectivity index (χ0n) is 23.4. The van der Waals surface area contributed by atoms with Crippen molar-refractivity contribution in [3.8, 4) is 11.3 Å². The number of nitrogens with zero attached hydrogens (tertiary/aromatic N) is 6. The number of hydrogen-bond donors (Lipinski definition) is 2. The van der Waals surface area contributed by atoms with Gasteiger partial charge in [-0.3, -0.25) is 10.3 Å². The lowest BCUT2D eigenvalue weighted by Gasteiger charge is -2.37. The summed E-state index contributed by atoms with van der Waals surface area (Å²) in [6.07, 6.45) is 5.27. The van der Waals surface area contributed by atoms with Crippen molar-refractivity contribution < 1.29 is 14.4 Å². The lowest BCUT2D eigenvalue weighted by atomic mass is 9.83. The molecule has 1 amide bonds. The molecule has 1 aromatic carbocycles. The summed E-state index contributed by atoms with van der Waals surface area (Å²) >= 11 is 6.47. The van der Waals surface area contributed by atoms with Crippen LogP contribution in [0, 0.1) is 11.8 Å². The molecule has 2 aliphatic heterocycles. The third-order valence-electron chi connectivity index (χ3n) is 8.48. The Kier molecular flexibility index (Phi) is 7.39. The van der Waals surface area contributed by atoms with Crippen LogP contribution in [0.4, 0.5) is 10.7 Å². The van der Waals surface area contributed by atoms with Gasteiger partial charge in [-0.05, 0) is 48.9 Å². The van der Waals surface area contributed by atoms with Gasteiger partial charge < -0.3 is 19.0 Å². The van der Waals surface area contributed by atoms with Crippen molar-refractivity contribution in [1.82, 2.24) is 35.3 Å². The minimum atomic E-state index is -0.710. The number of carbonyl (C=O) groups excluding carboxylic acids is 1. The zero-order valence-corrected chi connectivity index (χ0v) is 24.1. The monoisotopic (exact) mass is 588 g/mol. The molecule has 0 radical (unpaired) electrons. The molecule has 2 N–H and O–H groups in total. The molecule has 3 aliphatic rings. The van der Waals surface area contributed by atoms with Crippen LogP contribution < -0.4 is 15.7 Å². The third-order valence-corrected chi connectivity index (χ3v) is 8.71. The number of rotatable bonds is 6. The fourth-order valence-corrected chi connectivity index (χ4v) is 6.43. The molecule has 0 bridgehead atoms. The molecule has 5 heterocycles. The van der Waals surface area contributed by atoms with Gasteiger partial charge in [0.05, 0.1) is 24.9 Å². The van der Waals surface area contributed by atoms with E-state index in [-0.39, 0.29) is 6.04 Å². The van der Waals surface area contributed by atoms with Crippen LogP contribution in [0.5, 0.6) is 0 Å². The average molecular weight is 589 g/mol. The second-order valence-corrected chi connectivity index (χ2v) is 11.8. The number of nitrogens with one attached hydrogen (secondary N) is 2. The highest BCUT2D eigenvalue weighted by Gasteiger charge is 2.34. The molecule has 1 aliphatic carbocycles. The summed E-state index contributed by atoms with van der Waals surface area (Å²) in [5.41, 5.74) is 6.53. The maximum atomic E-state index is 11.9. The topological polar surface area (TPSA) is 119 Å². The molecule has 218 valence electrons. The first-order chi connectivity index (χ1) is 20.5. The lowest BCUT2D eigenvalue weighted by Crippen LogP contribution is -2.41. The van der Waals surface area contributed by atoms with E-state index in [1.807, 2.05) is 48.7 Å².